The summed E-state index contributed by atoms with van der Waals surface area (Å²) >= 11 is 0. The van der Waals surface area contributed by atoms with Gasteiger partial charge in [-0.2, -0.15) is 0 Å². The van der Waals surface area contributed by atoms with Crippen molar-refractivity contribution in [3.05, 3.63) is 29.8 Å². The second kappa shape index (κ2) is 5.48. The quantitative estimate of drug-likeness (QED) is 0.816. The number of fused-ring (bicyclic) bond motifs is 3. The van der Waals surface area contributed by atoms with Gasteiger partial charge < -0.3 is 15.5 Å². The lowest BCUT2D eigenvalue weighted by atomic mass is 9.51. The van der Waals surface area contributed by atoms with Crippen LogP contribution in [0.15, 0.2) is 24.3 Å². The maximum absolute atomic E-state index is 13.1. The number of hydrogen-bond acceptors (Lipinski definition) is 3. The summed E-state index contributed by atoms with van der Waals surface area (Å²) in [7, 11) is 0. The second-order valence-electron chi connectivity index (χ2n) is 8.98. The van der Waals surface area contributed by atoms with Crippen molar-refractivity contribution in [1.29, 1.82) is 0 Å². The zero-order valence-corrected chi connectivity index (χ0v) is 15.4. The molecule has 4 atom stereocenters. The Hall–Kier alpha value is -2.04. The molecule has 4 fully saturated rings. The summed E-state index contributed by atoms with van der Waals surface area (Å²) < 4.78 is 0. The number of rotatable bonds is 1. The van der Waals surface area contributed by atoms with Crippen LogP contribution in [0.5, 0.6) is 0 Å². The Balaban J connectivity index is 1.45. The van der Waals surface area contributed by atoms with Gasteiger partial charge in [-0.05, 0) is 56.1 Å². The lowest BCUT2D eigenvalue weighted by Crippen LogP contribution is -2.70. The molecule has 0 radical (unpaired) electrons. The molecule has 2 heterocycles. The van der Waals surface area contributed by atoms with E-state index in [1.54, 1.807) is 0 Å². The third-order valence-corrected chi connectivity index (χ3v) is 7.39. The van der Waals surface area contributed by atoms with Gasteiger partial charge in [0.05, 0.1) is 5.56 Å². The molecule has 0 aromatic heterocycles. The number of hydrogen-bond donors (Lipinski definition) is 2. The Kier molecular flexibility index (Phi) is 3.40. The van der Waals surface area contributed by atoms with Crippen molar-refractivity contribution in [2.45, 2.75) is 51.1 Å². The van der Waals surface area contributed by atoms with Crippen molar-refractivity contribution in [2.75, 3.05) is 18.4 Å². The minimum atomic E-state index is -0.403. The predicted octanol–water partition coefficient (Wildman–Crippen LogP) is 2.99. The first-order valence-corrected chi connectivity index (χ1v) is 9.99. The standard InChI is InChI=1S/C21H27N3O2/c1-20-9-8-14(12-16(20)19(26)24-10-4-5-11-24)21(13-20)22-17-7-3-2-6-15(17)18(25)23-21/h2-3,6-7,14,16,22H,4-5,8-13H2,1H3,(H,23,25)/t14-,16-,20-,21+/m1/s1. The number of benzene rings is 1. The first-order chi connectivity index (χ1) is 12.5. The molecule has 138 valence electrons. The van der Waals surface area contributed by atoms with E-state index in [1.165, 1.54) is 0 Å². The first kappa shape index (κ1) is 16.2. The molecule has 3 aliphatic carbocycles. The monoisotopic (exact) mass is 353 g/mol. The molecule has 2 N–H and O–H groups in total. The topological polar surface area (TPSA) is 61.4 Å². The number of nitrogens with zero attached hydrogens (tertiary/aromatic N) is 1. The maximum atomic E-state index is 13.1. The van der Waals surface area contributed by atoms with Crippen LogP contribution in [0.25, 0.3) is 0 Å². The molecule has 1 aromatic carbocycles. The molecule has 5 heteroatoms. The third kappa shape index (κ3) is 2.22. The minimum absolute atomic E-state index is 0.0120. The molecule has 5 aliphatic rings. The van der Waals surface area contributed by atoms with Crippen LogP contribution in [0.1, 0.15) is 55.8 Å². The highest BCUT2D eigenvalue weighted by Gasteiger charge is 2.60. The Labute approximate surface area is 154 Å². The Morgan fingerprint density at radius 2 is 1.96 bits per heavy atom. The van der Waals surface area contributed by atoms with Gasteiger partial charge in [0.1, 0.15) is 5.66 Å². The van der Waals surface area contributed by atoms with Crippen LogP contribution in [0, 0.1) is 17.3 Å². The lowest BCUT2D eigenvalue weighted by Gasteiger charge is -2.61. The number of carbonyl (C=O) groups excluding carboxylic acids is 2. The van der Waals surface area contributed by atoms with Crippen LogP contribution in [0.4, 0.5) is 5.69 Å². The largest absolute Gasteiger partial charge is 0.362 e. The summed E-state index contributed by atoms with van der Waals surface area (Å²) in [6.45, 7) is 4.10. The summed E-state index contributed by atoms with van der Waals surface area (Å²) in [6.07, 6.45) is 6.11. The molecule has 6 rings (SSSR count). The van der Waals surface area contributed by atoms with Crippen LogP contribution >= 0.6 is 0 Å². The maximum Gasteiger partial charge on any atom is 0.255 e. The number of amides is 2. The zero-order valence-electron chi connectivity index (χ0n) is 15.4. The smallest absolute Gasteiger partial charge is 0.255 e. The number of nitrogens with one attached hydrogen (secondary N) is 2. The van der Waals surface area contributed by atoms with Gasteiger partial charge in [-0.1, -0.05) is 19.1 Å². The summed E-state index contributed by atoms with van der Waals surface area (Å²) in [6, 6.07) is 7.73. The molecule has 2 bridgehead atoms. The summed E-state index contributed by atoms with van der Waals surface area (Å²) in [5, 5.41) is 6.97. The minimum Gasteiger partial charge on any atom is -0.362 e. The molecular formula is C21H27N3O2. The molecule has 2 amide bonds. The van der Waals surface area contributed by atoms with Crippen LogP contribution in [-0.4, -0.2) is 35.5 Å². The van der Waals surface area contributed by atoms with Gasteiger partial charge in [-0.15, -0.1) is 0 Å². The Morgan fingerprint density at radius 3 is 2.73 bits per heavy atom. The van der Waals surface area contributed by atoms with Gasteiger partial charge in [-0.25, -0.2) is 0 Å². The molecule has 1 saturated heterocycles. The molecule has 0 unspecified atom stereocenters. The number of para-hydroxylation sites is 1. The molecule has 26 heavy (non-hydrogen) atoms. The zero-order chi connectivity index (χ0) is 17.9. The Morgan fingerprint density at radius 1 is 1.19 bits per heavy atom. The third-order valence-electron chi connectivity index (χ3n) is 7.39. The average Bonchev–Trinajstić information content (AvgIpc) is 3.15. The van der Waals surface area contributed by atoms with Gasteiger partial charge in [0, 0.05) is 30.6 Å². The molecule has 2 aliphatic heterocycles. The highest BCUT2D eigenvalue weighted by atomic mass is 16.2. The average molecular weight is 353 g/mol. The Bertz CT molecular complexity index is 772. The fraction of sp³-hybridized carbons (Fsp3) is 0.619. The number of anilines is 1. The van der Waals surface area contributed by atoms with E-state index in [4.69, 9.17) is 0 Å². The van der Waals surface area contributed by atoms with E-state index >= 15 is 0 Å². The van der Waals surface area contributed by atoms with Crippen molar-refractivity contribution in [1.82, 2.24) is 10.2 Å². The van der Waals surface area contributed by atoms with Crippen LogP contribution < -0.4 is 10.6 Å². The van der Waals surface area contributed by atoms with Gasteiger partial charge in [0.2, 0.25) is 5.91 Å². The van der Waals surface area contributed by atoms with E-state index in [1.807, 2.05) is 24.3 Å². The van der Waals surface area contributed by atoms with E-state index in [9.17, 15) is 9.59 Å². The second-order valence-corrected chi connectivity index (χ2v) is 8.98. The van der Waals surface area contributed by atoms with Crippen molar-refractivity contribution in [2.24, 2.45) is 17.3 Å². The van der Waals surface area contributed by atoms with Gasteiger partial charge in [0.15, 0.2) is 0 Å². The number of carbonyl (C=O) groups is 2. The molecule has 3 saturated carbocycles. The van der Waals surface area contributed by atoms with Crippen molar-refractivity contribution >= 4 is 17.5 Å². The van der Waals surface area contributed by atoms with Crippen LogP contribution in [0.3, 0.4) is 0 Å². The first-order valence-electron chi connectivity index (χ1n) is 9.99. The fourth-order valence-corrected chi connectivity index (χ4v) is 5.99. The molecule has 1 aromatic rings. The highest BCUT2D eigenvalue weighted by molar-refractivity contribution is 6.02. The van der Waals surface area contributed by atoms with Crippen molar-refractivity contribution in [3.63, 3.8) is 0 Å². The van der Waals surface area contributed by atoms with E-state index in [-0.39, 0.29) is 17.2 Å². The van der Waals surface area contributed by atoms with E-state index < -0.39 is 5.66 Å². The predicted molar refractivity (Wildman–Crippen MR) is 99.6 cm³/mol. The van der Waals surface area contributed by atoms with Crippen LogP contribution in [-0.2, 0) is 4.79 Å². The van der Waals surface area contributed by atoms with E-state index in [0.717, 1.165) is 62.9 Å². The molecule has 5 nitrogen and oxygen atoms in total. The highest BCUT2D eigenvalue weighted by Crippen LogP contribution is 2.58. The molecule has 1 spiro atoms. The van der Waals surface area contributed by atoms with Crippen molar-refractivity contribution < 1.29 is 9.59 Å². The summed E-state index contributed by atoms with van der Waals surface area (Å²) in [5.74, 6) is 0.768. The molecular weight excluding hydrogens is 326 g/mol. The van der Waals surface area contributed by atoms with Gasteiger partial charge >= 0.3 is 0 Å². The van der Waals surface area contributed by atoms with E-state index in [2.05, 4.69) is 22.5 Å². The van der Waals surface area contributed by atoms with Crippen LogP contribution in [0.2, 0.25) is 0 Å². The van der Waals surface area contributed by atoms with Gasteiger partial charge in [-0.3, -0.25) is 9.59 Å². The summed E-state index contributed by atoms with van der Waals surface area (Å²) in [5.41, 5.74) is 1.19. The fourth-order valence-electron chi connectivity index (χ4n) is 5.99. The van der Waals surface area contributed by atoms with Gasteiger partial charge in [0.25, 0.3) is 5.91 Å². The lowest BCUT2D eigenvalue weighted by molar-refractivity contribution is -0.149. The SMILES string of the molecule is C[C@]12CC[C@H](C[C@@H]1C(=O)N1CCCC1)[C@]1(C2)NC(=O)c2ccccc2N1. The normalized spacial score (nSPS) is 38.0. The number of likely N-dealkylation sites (tertiary alicyclic amines) is 1. The summed E-state index contributed by atoms with van der Waals surface area (Å²) in [4.78, 5) is 28.0. The van der Waals surface area contributed by atoms with E-state index in [0.29, 0.717) is 11.8 Å². The van der Waals surface area contributed by atoms with Crippen molar-refractivity contribution in [3.8, 4) is 0 Å².